The number of benzene rings is 1. The summed E-state index contributed by atoms with van der Waals surface area (Å²) in [5.74, 6) is -1.14. The van der Waals surface area contributed by atoms with Crippen molar-refractivity contribution in [2.24, 2.45) is 5.92 Å². The van der Waals surface area contributed by atoms with Gasteiger partial charge in [0, 0.05) is 19.6 Å². The lowest BCUT2D eigenvalue weighted by Crippen LogP contribution is -2.60. The molecule has 1 saturated carbocycles. The van der Waals surface area contributed by atoms with Gasteiger partial charge in [-0.3, -0.25) is 9.59 Å². The van der Waals surface area contributed by atoms with Gasteiger partial charge in [-0.25, -0.2) is 8.42 Å². The number of carbonyl (C=O) groups is 2. The number of sulfonamides is 1. The quantitative estimate of drug-likeness (QED) is 0.806. The predicted molar refractivity (Wildman–Crippen MR) is 95.0 cm³/mol. The van der Waals surface area contributed by atoms with E-state index in [1.807, 2.05) is 6.92 Å². The zero-order valence-electron chi connectivity index (χ0n) is 14.8. The Morgan fingerprint density at radius 1 is 1.19 bits per heavy atom. The molecule has 26 heavy (non-hydrogen) atoms. The Morgan fingerprint density at radius 2 is 1.85 bits per heavy atom. The molecule has 3 rings (SSSR count). The van der Waals surface area contributed by atoms with Crippen LogP contribution in [-0.2, 0) is 19.6 Å². The van der Waals surface area contributed by atoms with Crippen LogP contribution in [-0.4, -0.2) is 60.3 Å². The van der Waals surface area contributed by atoms with Gasteiger partial charge in [0.25, 0.3) is 0 Å². The summed E-state index contributed by atoms with van der Waals surface area (Å²) in [6, 6.07) is 5.18. The fourth-order valence-electron chi connectivity index (χ4n) is 3.48. The molecule has 1 aromatic carbocycles. The van der Waals surface area contributed by atoms with Crippen LogP contribution in [0.2, 0.25) is 0 Å². The van der Waals surface area contributed by atoms with Gasteiger partial charge in [-0.05, 0) is 37.8 Å². The molecule has 1 aromatic rings. The fraction of sp³-hybridized carbons (Fsp3) is 0.556. The largest absolute Gasteiger partial charge is 0.481 e. The molecule has 0 aromatic heterocycles. The van der Waals surface area contributed by atoms with Gasteiger partial charge in [0.15, 0.2) is 0 Å². The molecular weight excluding hydrogens is 356 g/mol. The van der Waals surface area contributed by atoms with Crippen molar-refractivity contribution in [3.63, 3.8) is 0 Å². The number of rotatable bonds is 6. The van der Waals surface area contributed by atoms with Crippen molar-refractivity contribution in [1.29, 1.82) is 0 Å². The first-order valence-electron chi connectivity index (χ1n) is 8.88. The highest BCUT2D eigenvalue weighted by Crippen LogP contribution is 2.30. The third kappa shape index (κ3) is 3.76. The Balaban J connectivity index is 1.86. The van der Waals surface area contributed by atoms with Gasteiger partial charge in [0.1, 0.15) is 6.04 Å². The number of aryl methyl sites for hydroxylation is 1. The van der Waals surface area contributed by atoms with Gasteiger partial charge < -0.3 is 10.0 Å². The second-order valence-electron chi connectivity index (χ2n) is 7.12. The molecule has 1 N–H and O–H groups in total. The van der Waals surface area contributed by atoms with E-state index in [0.29, 0.717) is 19.0 Å². The Kier molecular flexibility index (Phi) is 5.34. The molecule has 142 valence electrons. The molecule has 0 bridgehead atoms. The third-order valence-corrected chi connectivity index (χ3v) is 7.16. The summed E-state index contributed by atoms with van der Waals surface area (Å²) < 4.78 is 27.0. The van der Waals surface area contributed by atoms with E-state index in [0.717, 1.165) is 29.1 Å². The molecule has 1 saturated heterocycles. The lowest BCUT2D eigenvalue weighted by Gasteiger charge is -2.41. The molecule has 1 heterocycles. The van der Waals surface area contributed by atoms with Crippen molar-refractivity contribution >= 4 is 21.9 Å². The molecule has 1 amide bonds. The van der Waals surface area contributed by atoms with Crippen LogP contribution in [0.4, 0.5) is 0 Å². The number of carboxylic acids is 1. The molecule has 0 radical (unpaired) electrons. The van der Waals surface area contributed by atoms with Gasteiger partial charge in [-0.2, -0.15) is 4.31 Å². The maximum Gasteiger partial charge on any atom is 0.305 e. The van der Waals surface area contributed by atoms with Crippen LogP contribution in [0.5, 0.6) is 0 Å². The molecule has 0 spiro atoms. The predicted octanol–water partition coefficient (Wildman–Crippen LogP) is 1.47. The maximum atomic E-state index is 13.0. The van der Waals surface area contributed by atoms with Crippen LogP contribution in [0.3, 0.4) is 0 Å². The smallest absolute Gasteiger partial charge is 0.305 e. The van der Waals surface area contributed by atoms with Crippen LogP contribution < -0.4 is 0 Å². The van der Waals surface area contributed by atoms with Crippen molar-refractivity contribution < 1.29 is 23.1 Å². The van der Waals surface area contributed by atoms with E-state index in [9.17, 15) is 23.1 Å². The first-order valence-corrected chi connectivity index (χ1v) is 10.3. The molecule has 2 fully saturated rings. The van der Waals surface area contributed by atoms with Gasteiger partial charge in [0.2, 0.25) is 15.9 Å². The van der Waals surface area contributed by atoms with Gasteiger partial charge >= 0.3 is 5.97 Å². The van der Waals surface area contributed by atoms with Crippen LogP contribution >= 0.6 is 0 Å². The average Bonchev–Trinajstić information content (AvgIpc) is 2.53. The first kappa shape index (κ1) is 18.8. The number of amides is 1. The number of nitrogens with zero attached hydrogens (tertiary/aromatic N) is 2. The van der Waals surface area contributed by atoms with Gasteiger partial charge in [-0.1, -0.05) is 24.1 Å². The summed E-state index contributed by atoms with van der Waals surface area (Å²) in [6.45, 7) is 2.86. The monoisotopic (exact) mass is 380 g/mol. The Morgan fingerprint density at radius 3 is 2.38 bits per heavy atom. The normalized spacial score (nSPS) is 22.3. The number of carbonyl (C=O) groups excluding carboxylic acids is 1. The van der Waals surface area contributed by atoms with Crippen molar-refractivity contribution in [1.82, 2.24) is 9.21 Å². The van der Waals surface area contributed by atoms with E-state index < -0.39 is 34.4 Å². The van der Waals surface area contributed by atoms with E-state index in [-0.39, 0.29) is 11.4 Å². The fourth-order valence-corrected chi connectivity index (χ4v) is 5.05. The lowest BCUT2D eigenvalue weighted by atomic mass is 9.85. The maximum absolute atomic E-state index is 13.0. The van der Waals surface area contributed by atoms with E-state index in [2.05, 4.69) is 0 Å². The molecular formula is C18H24N2O5S. The lowest BCUT2D eigenvalue weighted by molar-refractivity contribution is -0.147. The number of hydrogen-bond donors (Lipinski definition) is 1. The van der Waals surface area contributed by atoms with E-state index in [4.69, 9.17) is 0 Å². The number of hydrogen-bond acceptors (Lipinski definition) is 4. The van der Waals surface area contributed by atoms with Crippen LogP contribution in [0.15, 0.2) is 29.2 Å². The van der Waals surface area contributed by atoms with Crippen molar-refractivity contribution in [3.8, 4) is 0 Å². The minimum Gasteiger partial charge on any atom is -0.481 e. The van der Waals surface area contributed by atoms with Crippen LogP contribution in [0.1, 0.15) is 31.2 Å². The molecule has 8 heteroatoms. The summed E-state index contributed by atoms with van der Waals surface area (Å²) >= 11 is 0. The van der Waals surface area contributed by atoms with Crippen LogP contribution in [0, 0.1) is 12.8 Å². The van der Waals surface area contributed by atoms with Crippen molar-refractivity contribution in [2.75, 3.05) is 19.6 Å². The number of piperazine rings is 1. The van der Waals surface area contributed by atoms with E-state index in [1.54, 1.807) is 17.0 Å². The zero-order valence-corrected chi connectivity index (χ0v) is 15.6. The highest BCUT2D eigenvalue weighted by atomic mass is 32.2. The van der Waals surface area contributed by atoms with Crippen molar-refractivity contribution in [2.45, 2.75) is 43.5 Å². The standard InChI is InChI=1S/C18H24N2O5S/c1-13-5-7-15(8-6-13)26(24,25)20-10-9-19(12-14-3-2-4-14)18(23)16(20)11-17(21)22/h5-8,14,16H,2-4,9-12H2,1H3,(H,21,22). The van der Waals surface area contributed by atoms with E-state index >= 15 is 0 Å². The highest BCUT2D eigenvalue weighted by Gasteiger charge is 2.43. The molecule has 7 nitrogen and oxygen atoms in total. The molecule has 1 aliphatic carbocycles. The molecule has 1 aliphatic heterocycles. The Bertz CT molecular complexity index is 786. The second kappa shape index (κ2) is 7.36. The average molecular weight is 380 g/mol. The first-order chi connectivity index (χ1) is 12.3. The Hall–Kier alpha value is -1.93. The zero-order chi connectivity index (χ0) is 18.9. The summed E-state index contributed by atoms with van der Waals surface area (Å²) in [5, 5.41) is 9.21. The molecule has 1 unspecified atom stereocenters. The summed E-state index contributed by atoms with van der Waals surface area (Å²) in [5.41, 5.74) is 0.924. The van der Waals surface area contributed by atoms with Crippen LogP contribution in [0.25, 0.3) is 0 Å². The second-order valence-corrected chi connectivity index (χ2v) is 9.01. The van der Waals surface area contributed by atoms with Gasteiger partial charge in [-0.15, -0.1) is 0 Å². The SMILES string of the molecule is Cc1ccc(S(=O)(=O)N2CCN(CC3CCC3)C(=O)C2CC(=O)O)cc1. The third-order valence-electron chi connectivity index (χ3n) is 5.23. The highest BCUT2D eigenvalue weighted by molar-refractivity contribution is 7.89. The van der Waals surface area contributed by atoms with Gasteiger partial charge in [0.05, 0.1) is 11.3 Å². The molecule has 2 aliphatic rings. The minimum absolute atomic E-state index is 0.0822. The summed E-state index contributed by atoms with van der Waals surface area (Å²) in [7, 11) is -3.93. The van der Waals surface area contributed by atoms with Crippen molar-refractivity contribution in [3.05, 3.63) is 29.8 Å². The summed E-state index contributed by atoms with van der Waals surface area (Å²) in [6.07, 6.45) is 2.77. The number of carboxylic acid groups (broad SMARTS) is 1. The number of aliphatic carboxylic acids is 1. The van der Waals surface area contributed by atoms with E-state index in [1.165, 1.54) is 12.1 Å². The minimum atomic E-state index is -3.93. The molecule has 1 atom stereocenters. The summed E-state index contributed by atoms with van der Waals surface area (Å²) in [4.78, 5) is 25.8. The Labute approximate surface area is 153 Å². The topological polar surface area (TPSA) is 95.0 Å².